The molecule has 492 valence electrons. The summed E-state index contributed by atoms with van der Waals surface area (Å²) in [6.07, 6.45) is 33.9. The second kappa shape index (κ2) is 54.2. The molecule has 0 fully saturated rings. The molecule has 0 aromatic carbocycles. The number of hydrogen-bond donors (Lipinski definition) is 3. The minimum absolute atomic E-state index is 0.101. The number of unbranched alkanes of at least 4 members (excludes halogenated alkanes) is 27. The van der Waals surface area contributed by atoms with Crippen molar-refractivity contribution in [3.05, 3.63) is 0 Å². The van der Waals surface area contributed by atoms with E-state index >= 15 is 0 Å². The second-order valence-electron chi connectivity index (χ2n) is 25.1. The van der Waals surface area contributed by atoms with Gasteiger partial charge in [0.2, 0.25) is 0 Å². The summed E-state index contributed by atoms with van der Waals surface area (Å²) in [5, 5.41) is 10.5. The summed E-state index contributed by atoms with van der Waals surface area (Å²) in [6, 6.07) is 0. The third kappa shape index (κ3) is 58.8. The van der Waals surface area contributed by atoms with E-state index in [0.29, 0.717) is 43.4 Å². The van der Waals surface area contributed by atoms with Gasteiger partial charge in [-0.15, -0.1) is 0 Å². The van der Waals surface area contributed by atoms with Crippen LogP contribution >= 0.6 is 15.6 Å². The molecule has 0 radical (unpaired) electrons. The maximum Gasteiger partial charge on any atom is 0.472 e. The number of esters is 4. The third-order valence-electron chi connectivity index (χ3n) is 14.6. The van der Waals surface area contributed by atoms with Crippen LogP contribution in [0.3, 0.4) is 0 Å². The molecule has 0 saturated carbocycles. The second-order valence-corrected chi connectivity index (χ2v) is 28.0. The molecule has 0 aliphatic heterocycles. The molecule has 0 bridgehead atoms. The summed E-state index contributed by atoms with van der Waals surface area (Å²) < 4.78 is 67.9. The first-order valence-corrected chi connectivity index (χ1v) is 36.2. The predicted octanol–water partition coefficient (Wildman–Crippen LogP) is 17.4. The monoisotopic (exact) mass is 1230 g/mol. The molecule has 19 heteroatoms. The van der Waals surface area contributed by atoms with Gasteiger partial charge in [0.1, 0.15) is 19.3 Å². The van der Waals surface area contributed by atoms with Gasteiger partial charge in [-0.2, -0.15) is 0 Å². The Morgan fingerprint density at radius 2 is 0.506 bits per heavy atom. The quantitative estimate of drug-likeness (QED) is 0.0222. The van der Waals surface area contributed by atoms with Gasteiger partial charge in [0.25, 0.3) is 0 Å². The molecule has 0 amide bonds. The van der Waals surface area contributed by atoms with Crippen LogP contribution in [-0.2, 0) is 65.4 Å². The lowest BCUT2D eigenvalue weighted by Gasteiger charge is -2.21. The molecular weight excluding hydrogens is 1100 g/mol. The first-order valence-electron chi connectivity index (χ1n) is 33.2. The molecule has 17 nitrogen and oxygen atoms in total. The van der Waals surface area contributed by atoms with Crippen LogP contribution in [0.2, 0.25) is 0 Å². The first kappa shape index (κ1) is 81.1. The highest BCUT2D eigenvalue weighted by Gasteiger charge is 2.30. The molecule has 0 aromatic heterocycles. The number of ether oxygens (including phenoxy) is 4. The lowest BCUT2D eigenvalue weighted by molar-refractivity contribution is -0.161. The largest absolute Gasteiger partial charge is 0.472 e. The molecule has 0 rings (SSSR count). The highest BCUT2D eigenvalue weighted by molar-refractivity contribution is 7.47. The van der Waals surface area contributed by atoms with Crippen LogP contribution in [0, 0.1) is 23.7 Å². The van der Waals surface area contributed by atoms with Crippen LogP contribution in [0.4, 0.5) is 0 Å². The summed E-state index contributed by atoms with van der Waals surface area (Å²) in [4.78, 5) is 72.1. The Labute approximate surface area is 505 Å². The fourth-order valence-electron chi connectivity index (χ4n) is 9.43. The smallest absolute Gasteiger partial charge is 0.462 e. The molecule has 3 unspecified atom stereocenters. The van der Waals surface area contributed by atoms with Crippen molar-refractivity contribution >= 4 is 39.5 Å². The SMILES string of the molecule is CC(C)CCCCCCCCCCCCCCC(=O)O[C@H](COC(=O)CCCCCCCCC(C)C)COP(=O)(O)OCC(O)COP(=O)(O)OC[C@@H](COC(=O)CCCCCCCCCC(C)C)OC(=O)CCCCCCCCC(C)C. The summed E-state index contributed by atoms with van der Waals surface area (Å²) in [7, 11) is -9.89. The van der Waals surface area contributed by atoms with E-state index in [1.807, 2.05) is 0 Å². The Kier molecular flexibility index (Phi) is 53.0. The first-order chi connectivity index (χ1) is 39.6. The Morgan fingerprint density at radius 3 is 0.747 bits per heavy atom. The highest BCUT2D eigenvalue weighted by Crippen LogP contribution is 2.45. The van der Waals surface area contributed by atoms with Gasteiger partial charge in [0, 0.05) is 25.7 Å². The van der Waals surface area contributed by atoms with Crippen molar-refractivity contribution in [2.75, 3.05) is 39.6 Å². The van der Waals surface area contributed by atoms with Crippen molar-refractivity contribution in [3.63, 3.8) is 0 Å². The van der Waals surface area contributed by atoms with Crippen molar-refractivity contribution in [2.24, 2.45) is 23.7 Å². The van der Waals surface area contributed by atoms with E-state index in [1.165, 1.54) is 96.3 Å². The molecular formula is C64H124O17P2. The number of phosphoric acid groups is 2. The maximum absolute atomic E-state index is 13.0. The van der Waals surface area contributed by atoms with E-state index in [0.717, 1.165) is 109 Å². The Morgan fingerprint density at radius 1 is 0.301 bits per heavy atom. The normalized spacial score (nSPS) is 14.4. The van der Waals surface area contributed by atoms with E-state index in [9.17, 15) is 43.2 Å². The van der Waals surface area contributed by atoms with Gasteiger partial charge in [0.05, 0.1) is 26.4 Å². The predicted molar refractivity (Wildman–Crippen MR) is 331 cm³/mol. The Bertz CT molecular complexity index is 1660. The van der Waals surface area contributed by atoms with Crippen molar-refractivity contribution in [2.45, 2.75) is 324 Å². The molecule has 0 aliphatic rings. The van der Waals surface area contributed by atoms with Crippen LogP contribution < -0.4 is 0 Å². The number of hydrogen-bond acceptors (Lipinski definition) is 15. The zero-order valence-corrected chi connectivity index (χ0v) is 55.6. The van der Waals surface area contributed by atoms with Crippen LogP contribution in [-0.4, -0.2) is 96.7 Å². The highest BCUT2D eigenvalue weighted by atomic mass is 31.2. The van der Waals surface area contributed by atoms with Crippen molar-refractivity contribution in [1.29, 1.82) is 0 Å². The topological polar surface area (TPSA) is 237 Å². The number of aliphatic hydroxyl groups is 1. The fraction of sp³-hybridized carbons (Fsp3) is 0.938. The molecule has 0 heterocycles. The molecule has 0 aliphatic carbocycles. The minimum atomic E-state index is -4.95. The zero-order valence-electron chi connectivity index (χ0n) is 53.8. The average Bonchev–Trinajstić information content (AvgIpc) is 3.43. The van der Waals surface area contributed by atoms with Crippen molar-refractivity contribution in [3.8, 4) is 0 Å². The van der Waals surface area contributed by atoms with Gasteiger partial charge in [-0.05, 0) is 49.4 Å². The molecule has 5 atom stereocenters. The van der Waals surface area contributed by atoms with Gasteiger partial charge in [-0.3, -0.25) is 37.3 Å². The molecule has 83 heavy (non-hydrogen) atoms. The van der Waals surface area contributed by atoms with Gasteiger partial charge in [-0.25, -0.2) is 9.13 Å². The lowest BCUT2D eigenvalue weighted by atomic mass is 10.0. The van der Waals surface area contributed by atoms with E-state index in [2.05, 4.69) is 55.4 Å². The van der Waals surface area contributed by atoms with E-state index < -0.39 is 97.5 Å². The van der Waals surface area contributed by atoms with Gasteiger partial charge >= 0.3 is 39.5 Å². The molecule has 0 spiro atoms. The Balaban J connectivity index is 5.22. The molecule has 0 aromatic rings. The minimum Gasteiger partial charge on any atom is -0.462 e. The van der Waals surface area contributed by atoms with Crippen LogP contribution in [0.5, 0.6) is 0 Å². The van der Waals surface area contributed by atoms with Gasteiger partial charge in [-0.1, -0.05) is 254 Å². The van der Waals surface area contributed by atoms with Crippen LogP contribution in [0.15, 0.2) is 0 Å². The summed E-state index contributed by atoms with van der Waals surface area (Å²) in [5.41, 5.74) is 0. The average molecular weight is 1230 g/mol. The fourth-order valence-corrected chi connectivity index (χ4v) is 11.0. The van der Waals surface area contributed by atoms with Gasteiger partial charge in [0.15, 0.2) is 12.2 Å². The van der Waals surface area contributed by atoms with Gasteiger partial charge < -0.3 is 33.8 Å². The number of aliphatic hydroxyl groups excluding tert-OH is 1. The number of rotatable bonds is 61. The number of carbonyl (C=O) groups is 4. The Hall–Kier alpha value is -1.94. The van der Waals surface area contributed by atoms with Crippen molar-refractivity contribution in [1.82, 2.24) is 0 Å². The number of carbonyl (C=O) groups excluding carboxylic acids is 4. The van der Waals surface area contributed by atoms with E-state index in [1.54, 1.807) is 0 Å². The van der Waals surface area contributed by atoms with Crippen LogP contribution in [0.1, 0.15) is 306 Å². The summed E-state index contributed by atoms with van der Waals surface area (Å²) >= 11 is 0. The lowest BCUT2D eigenvalue weighted by Crippen LogP contribution is -2.30. The van der Waals surface area contributed by atoms with Crippen molar-refractivity contribution < 1.29 is 80.2 Å². The zero-order chi connectivity index (χ0) is 61.8. The summed E-state index contributed by atoms with van der Waals surface area (Å²) in [6.45, 7) is 13.9. The van der Waals surface area contributed by atoms with E-state index in [4.69, 9.17) is 37.0 Å². The van der Waals surface area contributed by atoms with E-state index in [-0.39, 0.29) is 25.7 Å². The van der Waals surface area contributed by atoms with Crippen LogP contribution in [0.25, 0.3) is 0 Å². The molecule has 3 N–H and O–H groups in total. The standard InChI is InChI=1S/C64H124O17P2/c1-54(2)40-32-24-16-13-11-9-10-12-14-18-30-38-46-63(68)80-59(51-75-62(67)45-37-29-22-20-26-34-42-56(5)6)52-78-82(70,71)76-48-58(65)49-77-83(72,73)79-53-60(81-64(69)47-39-31-23-21-27-35-43-57(7)8)50-74-61(66)44-36-28-19-15-17-25-33-41-55(3)4/h54-60,65H,9-53H2,1-8H3,(H,70,71)(H,72,73)/t58?,59-,60-/m1/s1. The third-order valence-corrected chi connectivity index (χ3v) is 16.5. The number of phosphoric ester groups is 2. The maximum atomic E-state index is 13.0. The summed E-state index contributed by atoms with van der Waals surface area (Å²) in [5.74, 6) is 0.686. The molecule has 0 saturated heterocycles.